The number of nitrogens with two attached hydrogens (primary N) is 1. The van der Waals surface area contributed by atoms with Gasteiger partial charge in [-0.3, -0.25) is 4.99 Å². The van der Waals surface area contributed by atoms with Crippen LogP contribution in [0.25, 0.3) is 0 Å². The molecule has 1 heterocycles. The fourth-order valence-electron chi connectivity index (χ4n) is 3.45. The number of nitrogens with zero attached hydrogens (tertiary/aromatic N) is 2. The molecule has 6 heteroatoms. The van der Waals surface area contributed by atoms with Gasteiger partial charge in [0.15, 0.2) is 5.96 Å². The molecule has 29 heavy (non-hydrogen) atoms. The van der Waals surface area contributed by atoms with E-state index in [1.165, 1.54) is 11.1 Å². The molecule has 154 valence electrons. The average Bonchev–Trinajstić information content (AvgIpc) is 3.26. The van der Waals surface area contributed by atoms with Crippen molar-refractivity contribution in [1.29, 1.82) is 0 Å². The molecule has 0 saturated heterocycles. The minimum absolute atomic E-state index is 0. The molecule has 0 fully saturated rings. The van der Waals surface area contributed by atoms with E-state index in [1.807, 2.05) is 6.20 Å². The fourth-order valence-corrected chi connectivity index (χ4v) is 3.45. The van der Waals surface area contributed by atoms with Crippen LogP contribution in [0.4, 0.5) is 0 Å². The Balaban J connectivity index is 0.00000300. The third-order valence-electron chi connectivity index (χ3n) is 5.19. The molecule has 0 atom stereocenters. The number of rotatable bonds is 9. The van der Waals surface area contributed by atoms with Gasteiger partial charge in [-0.1, -0.05) is 67.6 Å². The van der Waals surface area contributed by atoms with Crippen LogP contribution < -0.4 is 11.1 Å². The van der Waals surface area contributed by atoms with Crippen LogP contribution in [0.15, 0.2) is 78.2 Å². The highest BCUT2D eigenvalue weighted by molar-refractivity contribution is 5.85. The number of hydrogen-bond donors (Lipinski definition) is 3. The van der Waals surface area contributed by atoms with Gasteiger partial charge in [0, 0.05) is 30.4 Å². The first-order valence-electron chi connectivity index (χ1n) is 9.80. The minimum Gasteiger partial charge on any atom is -0.370 e. The first-order valence-corrected chi connectivity index (χ1v) is 9.80. The van der Waals surface area contributed by atoms with Gasteiger partial charge in [-0.05, 0) is 30.4 Å². The van der Waals surface area contributed by atoms with Crippen molar-refractivity contribution in [3.8, 4) is 0 Å². The van der Waals surface area contributed by atoms with Crippen LogP contribution in [0.5, 0.6) is 0 Å². The zero-order valence-corrected chi connectivity index (χ0v) is 17.7. The van der Waals surface area contributed by atoms with E-state index in [4.69, 9.17) is 5.73 Å². The van der Waals surface area contributed by atoms with Crippen molar-refractivity contribution in [3.63, 3.8) is 0 Å². The smallest absolute Gasteiger partial charge is 0.188 e. The summed E-state index contributed by atoms with van der Waals surface area (Å²) in [4.78, 5) is 11.6. The third kappa shape index (κ3) is 6.36. The van der Waals surface area contributed by atoms with Gasteiger partial charge in [0.25, 0.3) is 0 Å². The molecule has 0 aliphatic rings. The molecule has 3 rings (SSSR count). The Bertz CT molecular complexity index is 808. The second-order valence-corrected chi connectivity index (χ2v) is 7.19. The van der Waals surface area contributed by atoms with Crippen LogP contribution in [-0.4, -0.2) is 29.0 Å². The highest BCUT2D eigenvalue weighted by atomic mass is 35.5. The molecule has 4 N–H and O–H groups in total. The van der Waals surface area contributed by atoms with Crippen molar-refractivity contribution in [3.05, 3.63) is 90.0 Å². The van der Waals surface area contributed by atoms with Gasteiger partial charge in [-0.25, -0.2) is 4.98 Å². The maximum absolute atomic E-state index is 6.06. The maximum Gasteiger partial charge on any atom is 0.188 e. The first-order chi connectivity index (χ1) is 13.7. The Morgan fingerprint density at radius 2 is 1.69 bits per heavy atom. The fraction of sp³-hybridized carbons (Fsp3) is 0.304. The lowest BCUT2D eigenvalue weighted by Gasteiger charge is -2.31. The molecular formula is C23H30ClN5. The van der Waals surface area contributed by atoms with Crippen molar-refractivity contribution < 1.29 is 0 Å². The molecular weight excluding hydrogens is 382 g/mol. The molecule has 0 bridgehead atoms. The standard InChI is InChI=1S/C23H29N5.ClH/c1-23(19-9-4-2-5-10-19,20-11-6-3-7-12-20)14-16-27-22(24)26-15-8-13-21-17-25-18-28-21;/h2-7,9-12,17-18H,8,13-16H2,1H3,(H,25,28)(H3,24,26,27);1H. The van der Waals surface area contributed by atoms with Crippen LogP contribution in [0.3, 0.4) is 0 Å². The van der Waals surface area contributed by atoms with Crippen LogP contribution in [0.2, 0.25) is 0 Å². The van der Waals surface area contributed by atoms with Gasteiger partial charge in [-0.15, -0.1) is 12.4 Å². The Labute approximate surface area is 179 Å². The van der Waals surface area contributed by atoms with Crippen LogP contribution >= 0.6 is 12.4 Å². The lowest BCUT2D eigenvalue weighted by atomic mass is 9.74. The van der Waals surface area contributed by atoms with Crippen molar-refractivity contribution in [2.75, 3.05) is 13.1 Å². The monoisotopic (exact) mass is 411 g/mol. The summed E-state index contributed by atoms with van der Waals surface area (Å²) in [6, 6.07) is 21.3. The molecule has 0 aliphatic carbocycles. The van der Waals surface area contributed by atoms with E-state index >= 15 is 0 Å². The van der Waals surface area contributed by atoms with Gasteiger partial charge < -0.3 is 16.0 Å². The summed E-state index contributed by atoms with van der Waals surface area (Å²) in [5.74, 6) is 0.507. The van der Waals surface area contributed by atoms with Crippen molar-refractivity contribution in [1.82, 2.24) is 15.3 Å². The third-order valence-corrected chi connectivity index (χ3v) is 5.19. The Morgan fingerprint density at radius 3 is 2.24 bits per heavy atom. The van der Waals surface area contributed by atoms with E-state index in [9.17, 15) is 0 Å². The van der Waals surface area contributed by atoms with Crippen molar-refractivity contribution >= 4 is 18.4 Å². The predicted molar refractivity (Wildman–Crippen MR) is 123 cm³/mol. The van der Waals surface area contributed by atoms with Gasteiger partial charge in [0.2, 0.25) is 0 Å². The molecule has 1 aromatic heterocycles. The molecule has 0 saturated carbocycles. The predicted octanol–water partition coefficient (Wildman–Crippen LogP) is 4.06. The molecule has 0 aliphatic heterocycles. The number of aliphatic imine (C=N–C) groups is 1. The lowest BCUT2D eigenvalue weighted by molar-refractivity contribution is 0.514. The normalized spacial score (nSPS) is 11.7. The van der Waals surface area contributed by atoms with Crippen molar-refractivity contribution in [2.24, 2.45) is 10.7 Å². The van der Waals surface area contributed by atoms with E-state index < -0.39 is 0 Å². The molecule has 0 unspecified atom stereocenters. The van der Waals surface area contributed by atoms with Gasteiger partial charge in [-0.2, -0.15) is 0 Å². The Morgan fingerprint density at radius 1 is 1.07 bits per heavy atom. The summed E-state index contributed by atoms with van der Waals surface area (Å²) in [6.45, 7) is 3.75. The van der Waals surface area contributed by atoms with E-state index in [0.29, 0.717) is 12.5 Å². The quantitative estimate of drug-likeness (QED) is 0.282. The second kappa shape index (κ2) is 11.3. The van der Waals surface area contributed by atoms with E-state index in [-0.39, 0.29) is 17.8 Å². The first kappa shape index (κ1) is 22.5. The largest absolute Gasteiger partial charge is 0.370 e. The number of halogens is 1. The molecule has 2 aromatic carbocycles. The molecule has 0 spiro atoms. The van der Waals surface area contributed by atoms with Crippen molar-refractivity contribution in [2.45, 2.75) is 31.6 Å². The molecule has 3 aromatic rings. The summed E-state index contributed by atoms with van der Waals surface area (Å²) in [5, 5.41) is 3.28. The topological polar surface area (TPSA) is 79.1 Å². The summed E-state index contributed by atoms with van der Waals surface area (Å²) < 4.78 is 0. The van der Waals surface area contributed by atoms with E-state index in [0.717, 1.165) is 31.5 Å². The summed E-state index contributed by atoms with van der Waals surface area (Å²) >= 11 is 0. The number of H-pyrrole nitrogens is 1. The number of aromatic nitrogens is 2. The molecule has 0 amide bonds. The average molecular weight is 412 g/mol. The number of benzene rings is 2. The number of aryl methyl sites for hydroxylation is 1. The van der Waals surface area contributed by atoms with Crippen LogP contribution in [0, 0.1) is 0 Å². The van der Waals surface area contributed by atoms with E-state index in [2.05, 4.69) is 87.9 Å². The number of nitrogens with one attached hydrogen (secondary N) is 2. The summed E-state index contributed by atoms with van der Waals surface area (Å²) in [6.07, 6.45) is 6.34. The van der Waals surface area contributed by atoms with E-state index in [1.54, 1.807) is 6.33 Å². The van der Waals surface area contributed by atoms with Gasteiger partial charge in [0.05, 0.1) is 6.33 Å². The SMILES string of the molecule is CC(CCNC(N)=NCCCc1cnc[nH]1)(c1ccccc1)c1ccccc1.Cl. The highest BCUT2D eigenvalue weighted by Gasteiger charge is 2.28. The summed E-state index contributed by atoms with van der Waals surface area (Å²) in [5.41, 5.74) is 9.71. The molecule has 0 radical (unpaired) electrons. The Kier molecular flexibility index (Phi) is 8.74. The van der Waals surface area contributed by atoms with Gasteiger partial charge >= 0.3 is 0 Å². The van der Waals surface area contributed by atoms with Crippen LogP contribution in [0.1, 0.15) is 36.6 Å². The zero-order valence-electron chi connectivity index (χ0n) is 16.8. The van der Waals surface area contributed by atoms with Gasteiger partial charge in [0.1, 0.15) is 0 Å². The molecule has 5 nitrogen and oxygen atoms in total. The number of imidazole rings is 1. The number of aromatic amines is 1. The number of hydrogen-bond acceptors (Lipinski definition) is 2. The lowest BCUT2D eigenvalue weighted by Crippen LogP contribution is -2.36. The number of guanidine groups is 1. The summed E-state index contributed by atoms with van der Waals surface area (Å²) in [7, 11) is 0. The second-order valence-electron chi connectivity index (χ2n) is 7.19. The zero-order chi connectivity index (χ0) is 19.7. The minimum atomic E-state index is -0.0869. The highest BCUT2D eigenvalue weighted by Crippen LogP contribution is 2.34. The Hall–Kier alpha value is -2.79. The van der Waals surface area contributed by atoms with Crippen LogP contribution in [-0.2, 0) is 11.8 Å². The maximum atomic E-state index is 6.06.